The van der Waals surface area contributed by atoms with Gasteiger partial charge >= 0.3 is 11.9 Å². The molecule has 8 heteroatoms. The minimum absolute atomic E-state index is 0.176. The van der Waals surface area contributed by atoms with Gasteiger partial charge in [0.1, 0.15) is 12.6 Å². The van der Waals surface area contributed by atoms with E-state index in [-0.39, 0.29) is 25.7 Å². The second kappa shape index (κ2) is 12.4. The average molecular weight is 471 g/mol. The minimum atomic E-state index is -0.672. The first-order valence-electron chi connectivity index (χ1n) is 11.2. The summed E-state index contributed by atoms with van der Waals surface area (Å²) in [5, 5.41) is 3.23. The molecule has 0 saturated heterocycles. The van der Waals surface area contributed by atoms with Crippen molar-refractivity contribution < 1.29 is 23.9 Å². The zero-order valence-electron chi connectivity index (χ0n) is 19.0. The highest BCUT2D eigenvalue weighted by atomic mass is 32.2. The normalized spacial score (nSPS) is 16.5. The van der Waals surface area contributed by atoms with Crippen molar-refractivity contribution in [2.24, 2.45) is 0 Å². The van der Waals surface area contributed by atoms with Crippen LogP contribution in [0.1, 0.15) is 25.8 Å². The van der Waals surface area contributed by atoms with Gasteiger partial charge in [-0.05, 0) is 50.5 Å². The summed E-state index contributed by atoms with van der Waals surface area (Å²) in [4.78, 5) is 41.0. The molecule has 2 atom stereocenters. The summed E-state index contributed by atoms with van der Waals surface area (Å²) in [7, 11) is 0. The molecule has 0 aromatic heterocycles. The van der Waals surface area contributed by atoms with Crippen molar-refractivity contribution in [2.75, 3.05) is 30.4 Å². The largest absolute Gasteiger partial charge is 0.465 e. The van der Waals surface area contributed by atoms with Gasteiger partial charge in [-0.3, -0.25) is 24.6 Å². The van der Waals surface area contributed by atoms with Crippen molar-refractivity contribution in [1.82, 2.24) is 5.32 Å². The van der Waals surface area contributed by atoms with Gasteiger partial charge in [-0.25, -0.2) is 0 Å². The van der Waals surface area contributed by atoms with Crippen LogP contribution in [0.4, 0.5) is 5.69 Å². The van der Waals surface area contributed by atoms with Gasteiger partial charge < -0.3 is 9.47 Å². The van der Waals surface area contributed by atoms with E-state index in [1.165, 1.54) is 16.7 Å². The third kappa shape index (κ3) is 6.82. The number of benzene rings is 2. The molecule has 0 aliphatic carbocycles. The van der Waals surface area contributed by atoms with Crippen LogP contribution in [0.25, 0.3) is 0 Å². The van der Waals surface area contributed by atoms with E-state index in [9.17, 15) is 14.4 Å². The molecule has 0 radical (unpaired) electrons. The maximum Gasteiger partial charge on any atom is 0.326 e. The Morgan fingerprint density at radius 3 is 2.48 bits per heavy atom. The summed E-state index contributed by atoms with van der Waals surface area (Å²) >= 11 is 1.52. The maximum absolute atomic E-state index is 13.5. The molecule has 2 aromatic rings. The number of ether oxygens (including phenoxy) is 2. The molecule has 3 rings (SSSR count). The van der Waals surface area contributed by atoms with E-state index in [2.05, 4.69) is 5.32 Å². The fourth-order valence-corrected chi connectivity index (χ4v) is 4.68. The number of fused-ring (bicyclic) bond motifs is 1. The number of thioether (sulfide) groups is 1. The lowest BCUT2D eigenvalue weighted by molar-refractivity contribution is -0.146. The number of nitrogens with zero attached hydrogens (tertiary/aromatic N) is 1. The lowest BCUT2D eigenvalue weighted by Gasteiger charge is -2.27. The van der Waals surface area contributed by atoms with Crippen molar-refractivity contribution in [3.63, 3.8) is 0 Å². The molecule has 0 fully saturated rings. The van der Waals surface area contributed by atoms with Gasteiger partial charge in [-0.2, -0.15) is 0 Å². The Morgan fingerprint density at radius 2 is 1.76 bits per heavy atom. The van der Waals surface area contributed by atoms with Gasteiger partial charge in [0, 0.05) is 16.3 Å². The van der Waals surface area contributed by atoms with Gasteiger partial charge in [0.25, 0.3) is 0 Å². The van der Waals surface area contributed by atoms with Gasteiger partial charge in [0.05, 0.1) is 19.3 Å². The molecule has 1 aliphatic heterocycles. The highest BCUT2D eigenvalue weighted by Gasteiger charge is 2.34. The third-order valence-corrected chi connectivity index (χ3v) is 6.38. The van der Waals surface area contributed by atoms with Crippen LogP contribution in [0.2, 0.25) is 0 Å². The molecule has 7 nitrogen and oxygen atoms in total. The van der Waals surface area contributed by atoms with Crippen LogP contribution < -0.4 is 10.2 Å². The van der Waals surface area contributed by atoms with Crippen molar-refractivity contribution in [2.45, 2.75) is 43.7 Å². The van der Waals surface area contributed by atoms with Crippen LogP contribution in [0.5, 0.6) is 0 Å². The molecule has 33 heavy (non-hydrogen) atoms. The quantitative estimate of drug-likeness (QED) is 0.422. The van der Waals surface area contributed by atoms with Crippen molar-refractivity contribution in [3.8, 4) is 0 Å². The van der Waals surface area contributed by atoms with Crippen molar-refractivity contribution >= 4 is 35.3 Å². The number of esters is 2. The molecule has 1 heterocycles. The number of carbonyl (C=O) groups excluding carboxylic acids is 3. The molecule has 0 bridgehead atoms. The van der Waals surface area contributed by atoms with Crippen LogP contribution in [-0.2, 0) is 30.3 Å². The fourth-order valence-electron chi connectivity index (χ4n) is 3.74. The SMILES string of the molecule is CCOC(=O)CN1C(=O)C(N[C@@H](CSc2ccccc2)C(=O)OCC)CCc2ccccc21. The number of hydrogen-bond acceptors (Lipinski definition) is 7. The zero-order valence-corrected chi connectivity index (χ0v) is 19.8. The second-order valence-electron chi connectivity index (χ2n) is 7.54. The molecule has 176 valence electrons. The first-order chi connectivity index (χ1) is 16.0. The number of carbonyl (C=O) groups is 3. The first-order valence-corrected chi connectivity index (χ1v) is 12.2. The Kier molecular flexibility index (Phi) is 9.33. The number of para-hydroxylation sites is 1. The maximum atomic E-state index is 13.5. The van der Waals surface area contributed by atoms with E-state index in [0.717, 1.165) is 10.5 Å². The van der Waals surface area contributed by atoms with Crippen molar-refractivity contribution in [3.05, 3.63) is 60.2 Å². The predicted octanol–water partition coefficient (Wildman–Crippen LogP) is 3.21. The lowest BCUT2D eigenvalue weighted by Crippen LogP contribution is -2.53. The topological polar surface area (TPSA) is 84.9 Å². The molecule has 0 spiro atoms. The summed E-state index contributed by atoms with van der Waals surface area (Å²) in [6.45, 7) is 3.81. The zero-order chi connectivity index (χ0) is 23.6. The number of hydrogen-bond donors (Lipinski definition) is 1. The number of rotatable bonds is 10. The van der Waals surface area contributed by atoms with Crippen LogP contribution >= 0.6 is 11.8 Å². The van der Waals surface area contributed by atoms with E-state index in [1.807, 2.05) is 54.6 Å². The molecular weight excluding hydrogens is 440 g/mol. The molecule has 2 aromatic carbocycles. The molecule has 1 aliphatic rings. The average Bonchev–Trinajstić information content (AvgIpc) is 2.95. The Morgan fingerprint density at radius 1 is 1.06 bits per heavy atom. The van der Waals surface area contributed by atoms with Gasteiger partial charge in [-0.15, -0.1) is 11.8 Å². The smallest absolute Gasteiger partial charge is 0.326 e. The van der Waals surface area contributed by atoms with Crippen LogP contribution in [0.3, 0.4) is 0 Å². The van der Waals surface area contributed by atoms with Crippen LogP contribution in [0, 0.1) is 0 Å². The second-order valence-corrected chi connectivity index (χ2v) is 8.64. The summed E-state index contributed by atoms with van der Waals surface area (Å²) in [5.74, 6) is -0.709. The number of amides is 1. The van der Waals surface area contributed by atoms with Gasteiger partial charge in [-0.1, -0.05) is 36.4 Å². The Bertz CT molecular complexity index is 953. The van der Waals surface area contributed by atoms with E-state index in [0.29, 0.717) is 24.3 Å². The first kappa shape index (κ1) is 24.8. The van der Waals surface area contributed by atoms with E-state index >= 15 is 0 Å². The summed E-state index contributed by atoms with van der Waals surface area (Å²) in [6.07, 6.45) is 1.14. The summed E-state index contributed by atoms with van der Waals surface area (Å²) in [6, 6.07) is 16.0. The number of anilines is 1. The molecule has 1 unspecified atom stereocenters. The van der Waals surface area contributed by atoms with E-state index in [4.69, 9.17) is 9.47 Å². The highest BCUT2D eigenvalue weighted by Crippen LogP contribution is 2.27. The van der Waals surface area contributed by atoms with Crippen molar-refractivity contribution in [1.29, 1.82) is 0 Å². The molecule has 0 saturated carbocycles. The standard InChI is InChI=1S/C25H30N2O5S/c1-3-31-23(28)16-27-22-13-9-8-10-18(22)14-15-20(24(27)29)26-21(25(30)32-4-2)17-33-19-11-6-5-7-12-19/h5-13,20-21,26H,3-4,14-17H2,1-2H3/t20?,21-/m0/s1. The van der Waals surface area contributed by atoms with Gasteiger partial charge in [0.15, 0.2) is 0 Å². The van der Waals surface area contributed by atoms with Crippen LogP contribution in [-0.4, -0.2) is 55.4 Å². The van der Waals surface area contributed by atoms with Crippen LogP contribution in [0.15, 0.2) is 59.5 Å². The number of nitrogens with one attached hydrogen (secondary N) is 1. The highest BCUT2D eigenvalue weighted by molar-refractivity contribution is 7.99. The number of aryl methyl sites for hydroxylation is 1. The van der Waals surface area contributed by atoms with Gasteiger partial charge in [0.2, 0.25) is 5.91 Å². The lowest BCUT2D eigenvalue weighted by atomic mass is 10.1. The van der Waals surface area contributed by atoms with E-state index in [1.54, 1.807) is 13.8 Å². The molecule has 1 N–H and O–H groups in total. The summed E-state index contributed by atoms with van der Waals surface area (Å²) in [5.41, 5.74) is 1.68. The fraction of sp³-hybridized carbons (Fsp3) is 0.400. The molecule has 1 amide bonds. The summed E-state index contributed by atoms with van der Waals surface area (Å²) < 4.78 is 10.4. The minimum Gasteiger partial charge on any atom is -0.465 e. The van der Waals surface area contributed by atoms with E-state index < -0.39 is 24.0 Å². The third-order valence-electron chi connectivity index (χ3n) is 5.27. The monoisotopic (exact) mass is 470 g/mol. The molecular formula is C25H30N2O5S. The predicted molar refractivity (Wildman–Crippen MR) is 128 cm³/mol. The Hall–Kier alpha value is -2.84. The Balaban J connectivity index is 1.80. The Labute approximate surface area is 198 Å².